The fraction of sp³-hybridized carbons (Fsp3) is 0.267. The van der Waals surface area contributed by atoms with Gasteiger partial charge in [-0.1, -0.05) is 6.07 Å². The van der Waals surface area contributed by atoms with Crippen LogP contribution in [0.25, 0.3) is 0 Å². The third kappa shape index (κ3) is 5.18. The molecule has 0 aliphatic heterocycles. The number of nitrogens with one attached hydrogen (secondary N) is 1. The fourth-order valence-corrected chi connectivity index (χ4v) is 2.60. The van der Waals surface area contributed by atoms with Gasteiger partial charge in [0, 0.05) is 6.92 Å². The van der Waals surface area contributed by atoms with E-state index in [1.807, 2.05) is 0 Å². The Morgan fingerprint density at radius 2 is 2.04 bits per heavy atom. The van der Waals surface area contributed by atoms with Crippen molar-refractivity contribution in [3.05, 3.63) is 35.5 Å². The smallest absolute Gasteiger partial charge is 0.394 e. The summed E-state index contributed by atoms with van der Waals surface area (Å²) in [6.07, 6.45) is -5.57. The van der Waals surface area contributed by atoms with Crippen LogP contribution in [-0.2, 0) is 11.2 Å². The maximum Gasteiger partial charge on any atom is 0.394 e. The van der Waals surface area contributed by atoms with Crippen LogP contribution in [0.1, 0.15) is 23.0 Å². The van der Waals surface area contributed by atoms with Gasteiger partial charge in [0.2, 0.25) is 0 Å². The first-order valence-electron chi connectivity index (χ1n) is 6.88. The molecule has 1 amide bonds. The number of hydrogen-bond donors (Lipinski definition) is 1. The second-order valence-corrected chi connectivity index (χ2v) is 5.66. The topological polar surface area (TPSA) is 77.5 Å². The second-order valence-electron chi connectivity index (χ2n) is 4.86. The van der Waals surface area contributed by atoms with Gasteiger partial charge in [0.05, 0.1) is 24.8 Å². The zero-order valence-corrected chi connectivity index (χ0v) is 14.0. The molecule has 0 fully saturated rings. The molecule has 0 saturated carbocycles. The van der Waals surface area contributed by atoms with Crippen molar-refractivity contribution in [1.29, 1.82) is 0 Å². The van der Waals surface area contributed by atoms with Crippen LogP contribution in [0.5, 0.6) is 11.5 Å². The van der Waals surface area contributed by atoms with Crippen LogP contribution in [0.2, 0.25) is 0 Å². The molecule has 1 aromatic carbocycles. The number of anilines is 1. The number of amides is 1. The summed E-state index contributed by atoms with van der Waals surface area (Å²) in [4.78, 5) is 23.6. The van der Waals surface area contributed by atoms with Gasteiger partial charge >= 0.3 is 12.1 Å². The van der Waals surface area contributed by atoms with Crippen LogP contribution in [0.15, 0.2) is 24.3 Å². The van der Waals surface area contributed by atoms with Crippen molar-refractivity contribution in [1.82, 2.24) is 4.37 Å². The van der Waals surface area contributed by atoms with Crippen molar-refractivity contribution in [3.63, 3.8) is 0 Å². The Hall–Kier alpha value is -2.62. The minimum Gasteiger partial charge on any atom is -0.493 e. The molecule has 1 N–H and O–H groups in total. The fourth-order valence-electron chi connectivity index (χ4n) is 1.94. The van der Waals surface area contributed by atoms with Crippen molar-refractivity contribution in [2.45, 2.75) is 19.5 Å². The lowest BCUT2D eigenvalue weighted by molar-refractivity contribution is -0.132. The number of alkyl halides is 3. The first-order valence-corrected chi connectivity index (χ1v) is 7.66. The molecule has 0 spiro atoms. The molecule has 0 atom stereocenters. The predicted octanol–water partition coefficient (Wildman–Crippen LogP) is 3.43. The van der Waals surface area contributed by atoms with Crippen LogP contribution in [0.4, 0.5) is 18.2 Å². The Labute approximate surface area is 144 Å². The van der Waals surface area contributed by atoms with E-state index in [1.54, 1.807) is 0 Å². The summed E-state index contributed by atoms with van der Waals surface area (Å²) >= 11 is 0.722. The van der Waals surface area contributed by atoms with Gasteiger partial charge in [0.1, 0.15) is 5.00 Å². The molecule has 25 heavy (non-hydrogen) atoms. The molecule has 6 nitrogen and oxygen atoms in total. The van der Waals surface area contributed by atoms with E-state index < -0.39 is 24.5 Å². The van der Waals surface area contributed by atoms with E-state index in [2.05, 4.69) is 9.69 Å². The molecule has 134 valence electrons. The summed E-state index contributed by atoms with van der Waals surface area (Å²) in [6, 6.07) is 5.56. The highest BCUT2D eigenvalue weighted by atomic mass is 32.1. The molecule has 1 aromatic heterocycles. The molecular weight excluding hydrogens is 361 g/mol. The number of esters is 1. The highest BCUT2D eigenvalue weighted by Crippen LogP contribution is 2.32. The summed E-state index contributed by atoms with van der Waals surface area (Å²) in [5, 5.41) is 2.57. The van der Waals surface area contributed by atoms with Gasteiger partial charge in [-0.25, -0.2) is 0 Å². The molecule has 0 unspecified atom stereocenters. The first-order chi connectivity index (χ1) is 11.7. The second kappa shape index (κ2) is 7.51. The number of halogens is 3. The highest BCUT2D eigenvalue weighted by Gasteiger charge is 2.29. The van der Waals surface area contributed by atoms with Gasteiger partial charge in [-0.05, 0) is 29.7 Å². The normalized spacial score (nSPS) is 11.1. The quantitative estimate of drug-likeness (QED) is 0.641. The van der Waals surface area contributed by atoms with E-state index in [-0.39, 0.29) is 27.8 Å². The maximum atomic E-state index is 12.4. The van der Waals surface area contributed by atoms with Crippen molar-refractivity contribution in [3.8, 4) is 11.5 Å². The van der Waals surface area contributed by atoms with Crippen molar-refractivity contribution in [2.24, 2.45) is 0 Å². The number of para-hydroxylation sites is 1. The number of benzene rings is 1. The largest absolute Gasteiger partial charge is 0.493 e. The minimum absolute atomic E-state index is 0.000298. The van der Waals surface area contributed by atoms with Gasteiger partial charge in [-0.2, -0.15) is 17.5 Å². The SMILES string of the molecule is COc1cccc(C(=O)Nc2cc(CC(F)(F)F)ns2)c1OC(C)=O. The van der Waals surface area contributed by atoms with Gasteiger partial charge in [-0.15, -0.1) is 0 Å². The average Bonchev–Trinajstić information content (AvgIpc) is 2.91. The van der Waals surface area contributed by atoms with Gasteiger partial charge in [0.15, 0.2) is 11.5 Å². The van der Waals surface area contributed by atoms with Crippen LogP contribution < -0.4 is 14.8 Å². The molecule has 1 heterocycles. The number of aromatic nitrogens is 1. The monoisotopic (exact) mass is 374 g/mol. The summed E-state index contributed by atoms with van der Waals surface area (Å²) in [5.41, 5.74) is -0.195. The minimum atomic E-state index is -4.38. The zero-order valence-electron chi connectivity index (χ0n) is 13.1. The number of carbonyl (C=O) groups excluding carboxylic acids is 2. The molecule has 2 rings (SSSR count). The van der Waals surface area contributed by atoms with E-state index in [4.69, 9.17) is 9.47 Å². The lowest BCUT2D eigenvalue weighted by Gasteiger charge is -2.12. The molecule has 0 aliphatic rings. The molecule has 0 aliphatic carbocycles. The number of nitrogens with zero attached hydrogens (tertiary/aromatic N) is 1. The number of hydrogen-bond acceptors (Lipinski definition) is 6. The van der Waals surface area contributed by atoms with Crippen LogP contribution in [-0.4, -0.2) is 29.5 Å². The first kappa shape index (κ1) is 18.7. The van der Waals surface area contributed by atoms with Crippen molar-refractivity contribution < 1.29 is 32.2 Å². The third-order valence-electron chi connectivity index (χ3n) is 2.87. The molecule has 0 saturated heterocycles. The number of methoxy groups -OCH3 is 1. The van der Waals surface area contributed by atoms with E-state index in [0.717, 1.165) is 17.6 Å². The van der Waals surface area contributed by atoms with Gasteiger partial charge < -0.3 is 14.8 Å². The summed E-state index contributed by atoms with van der Waals surface area (Å²) in [6.45, 7) is 1.17. The van der Waals surface area contributed by atoms with Crippen LogP contribution >= 0.6 is 11.5 Å². The molecule has 0 radical (unpaired) electrons. The van der Waals surface area contributed by atoms with Crippen LogP contribution in [0, 0.1) is 0 Å². The Bertz CT molecular complexity index is 789. The molecule has 0 bridgehead atoms. The summed E-state index contributed by atoms with van der Waals surface area (Å²) in [7, 11) is 1.34. The lowest BCUT2D eigenvalue weighted by Crippen LogP contribution is -2.15. The highest BCUT2D eigenvalue weighted by molar-refractivity contribution is 7.10. The van der Waals surface area contributed by atoms with Gasteiger partial charge in [-0.3, -0.25) is 9.59 Å². The number of carbonyl (C=O) groups is 2. The lowest BCUT2D eigenvalue weighted by atomic mass is 10.1. The number of rotatable bonds is 5. The van der Waals surface area contributed by atoms with Gasteiger partial charge in [0.25, 0.3) is 5.91 Å². The average molecular weight is 374 g/mol. The standard InChI is InChI=1S/C15H13F3N2O4S/c1-8(21)24-13-10(4-3-5-11(13)23-2)14(22)19-12-6-9(20-25-12)7-15(16,17)18/h3-6H,7H2,1-2H3,(H,19,22). The van der Waals surface area contributed by atoms with E-state index >= 15 is 0 Å². The zero-order chi connectivity index (χ0) is 18.6. The summed E-state index contributed by atoms with van der Waals surface area (Å²) < 4.78 is 50.8. The Balaban J connectivity index is 2.22. The Kier molecular flexibility index (Phi) is 5.62. The van der Waals surface area contributed by atoms with Crippen molar-refractivity contribution in [2.75, 3.05) is 12.4 Å². The maximum absolute atomic E-state index is 12.4. The van der Waals surface area contributed by atoms with E-state index in [9.17, 15) is 22.8 Å². The summed E-state index contributed by atoms with van der Waals surface area (Å²) in [5.74, 6) is -1.22. The Morgan fingerprint density at radius 3 is 2.64 bits per heavy atom. The predicted molar refractivity (Wildman–Crippen MR) is 84.1 cm³/mol. The molecular formula is C15H13F3N2O4S. The van der Waals surface area contributed by atoms with E-state index in [0.29, 0.717) is 0 Å². The Morgan fingerprint density at radius 1 is 1.32 bits per heavy atom. The third-order valence-corrected chi connectivity index (χ3v) is 3.61. The molecule has 10 heteroatoms. The molecule has 2 aromatic rings. The number of ether oxygens (including phenoxy) is 2. The van der Waals surface area contributed by atoms with E-state index in [1.165, 1.54) is 32.2 Å². The van der Waals surface area contributed by atoms with Crippen LogP contribution in [0.3, 0.4) is 0 Å². The van der Waals surface area contributed by atoms with Crippen molar-refractivity contribution >= 4 is 28.4 Å².